The van der Waals surface area contributed by atoms with Crippen LogP contribution in [0.4, 0.5) is 8.78 Å². The van der Waals surface area contributed by atoms with Gasteiger partial charge in [0.2, 0.25) is 0 Å². The van der Waals surface area contributed by atoms with E-state index < -0.39 is 11.7 Å². The molecule has 1 aromatic carbocycles. The van der Waals surface area contributed by atoms with Crippen molar-refractivity contribution in [1.29, 1.82) is 0 Å². The van der Waals surface area contributed by atoms with Gasteiger partial charge in [0.05, 0.1) is 5.69 Å². The largest absolute Gasteiger partial charge is 0.477 e. The molecule has 0 bridgehead atoms. The van der Waals surface area contributed by atoms with E-state index >= 15 is 0 Å². The molecule has 19 heavy (non-hydrogen) atoms. The number of carboxylic acids is 1. The second kappa shape index (κ2) is 5.91. The van der Waals surface area contributed by atoms with Gasteiger partial charge >= 0.3 is 5.97 Å². The molecule has 2 rings (SSSR count). The Morgan fingerprint density at radius 3 is 2.68 bits per heavy atom. The van der Waals surface area contributed by atoms with E-state index in [4.69, 9.17) is 5.11 Å². The zero-order valence-electron chi connectivity index (χ0n) is 9.39. The van der Waals surface area contributed by atoms with Crippen LogP contribution in [0.15, 0.2) is 41.4 Å². The second-order valence-corrected chi connectivity index (χ2v) is 5.84. The molecule has 0 fully saturated rings. The van der Waals surface area contributed by atoms with Gasteiger partial charge in [0.25, 0.3) is 5.76 Å². The molecule has 0 radical (unpaired) electrons. The quantitative estimate of drug-likeness (QED) is 0.627. The number of aromatic carboxylic acids is 1. The molecule has 1 heterocycles. The summed E-state index contributed by atoms with van der Waals surface area (Å²) in [4.78, 5) is 11.5. The van der Waals surface area contributed by atoms with Crippen molar-refractivity contribution in [2.24, 2.45) is 0 Å². The van der Waals surface area contributed by atoms with Gasteiger partial charge in [-0.2, -0.15) is 8.78 Å². The second-order valence-electron chi connectivity index (χ2n) is 3.56. The number of rotatable bonds is 4. The number of nitrogens with zero attached hydrogens (tertiary/aromatic N) is 1. The van der Waals surface area contributed by atoms with Crippen molar-refractivity contribution in [3.05, 3.63) is 45.8 Å². The Morgan fingerprint density at radius 1 is 1.37 bits per heavy atom. The monoisotopic (exact) mass is 395 g/mol. The van der Waals surface area contributed by atoms with Crippen LogP contribution < -0.4 is 0 Å². The lowest BCUT2D eigenvalue weighted by Gasteiger charge is -2.11. The summed E-state index contributed by atoms with van der Waals surface area (Å²) in [5, 5.41) is 9.13. The number of aromatic nitrogens is 1. The van der Waals surface area contributed by atoms with Crippen LogP contribution in [-0.2, 0) is 0 Å². The summed E-state index contributed by atoms with van der Waals surface area (Å²) in [6.45, 7) is 0. The lowest BCUT2D eigenvalue weighted by molar-refractivity contribution is 0.0688. The first-order valence-corrected chi connectivity index (χ1v) is 7.10. The van der Waals surface area contributed by atoms with E-state index in [9.17, 15) is 13.6 Å². The summed E-state index contributed by atoms with van der Waals surface area (Å²) in [5.74, 6) is -3.65. The number of para-hydroxylation sites is 1. The van der Waals surface area contributed by atoms with Crippen molar-refractivity contribution >= 4 is 40.3 Å². The average molecular weight is 395 g/mol. The van der Waals surface area contributed by atoms with Crippen molar-refractivity contribution in [1.82, 2.24) is 4.57 Å². The third-order valence-electron chi connectivity index (χ3n) is 2.35. The number of carbonyl (C=O) groups is 1. The number of benzene rings is 1. The first-order valence-electron chi connectivity index (χ1n) is 5.14. The minimum absolute atomic E-state index is 0.0479. The van der Waals surface area contributed by atoms with E-state index in [-0.39, 0.29) is 5.69 Å². The molecule has 0 aliphatic heterocycles. The van der Waals surface area contributed by atoms with E-state index in [2.05, 4.69) is 0 Å². The highest BCUT2D eigenvalue weighted by atomic mass is 127. The predicted octanol–water partition coefficient (Wildman–Crippen LogP) is 4.09. The molecule has 0 aliphatic carbocycles. The number of hydrogen-bond acceptors (Lipinski definition) is 2. The third-order valence-corrected chi connectivity index (χ3v) is 3.71. The molecule has 0 saturated carbocycles. The zero-order chi connectivity index (χ0) is 14.0. The Balaban J connectivity index is 2.55. The van der Waals surface area contributed by atoms with Gasteiger partial charge in [0, 0.05) is 14.7 Å². The van der Waals surface area contributed by atoms with E-state index in [1.54, 1.807) is 30.5 Å². The topological polar surface area (TPSA) is 42.2 Å². The maximum Gasteiger partial charge on any atom is 0.352 e. The Hall–Kier alpha value is -1.09. The van der Waals surface area contributed by atoms with E-state index in [0.29, 0.717) is 22.3 Å². The zero-order valence-corrected chi connectivity index (χ0v) is 12.4. The van der Waals surface area contributed by atoms with Crippen molar-refractivity contribution in [3.63, 3.8) is 0 Å². The molecule has 0 spiro atoms. The molecule has 0 atom stereocenters. The van der Waals surface area contributed by atoms with Crippen molar-refractivity contribution < 1.29 is 18.7 Å². The van der Waals surface area contributed by atoms with Crippen LogP contribution in [0.1, 0.15) is 10.5 Å². The summed E-state index contributed by atoms with van der Waals surface area (Å²) >= 11 is 2.38. The first kappa shape index (κ1) is 14.3. The molecule has 0 amide bonds. The van der Waals surface area contributed by atoms with Gasteiger partial charge in [-0.1, -0.05) is 23.9 Å². The molecule has 1 aromatic heterocycles. The van der Waals surface area contributed by atoms with Gasteiger partial charge in [-0.25, -0.2) is 4.79 Å². The van der Waals surface area contributed by atoms with Crippen molar-refractivity contribution in [2.45, 2.75) is 10.7 Å². The fraction of sp³-hybridized carbons (Fsp3) is 0.0833. The molecule has 1 N–H and O–H groups in total. The normalized spacial score (nSPS) is 10.9. The minimum Gasteiger partial charge on any atom is -0.477 e. The Morgan fingerprint density at radius 2 is 2.05 bits per heavy atom. The predicted molar refractivity (Wildman–Crippen MR) is 77.3 cm³/mol. The number of halogens is 3. The van der Waals surface area contributed by atoms with E-state index in [0.717, 1.165) is 3.57 Å². The SMILES string of the molecule is O=C(O)c1cc(I)cn1-c1ccccc1SC(F)F. The number of alkyl halides is 2. The van der Waals surface area contributed by atoms with Crippen molar-refractivity contribution in [2.75, 3.05) is 0 Å². The third kappa shape index (κ3) is 3.27. The maximum atomic E-state index is 12.5. The average Bonchev–Trinajstić information content (AvgIpc) is 2.71. The number of thioether (sulfide) groups is 1. The highest BCUT2D eigenvalue weighted by Gasteiger charge is 2.17. The summed E-state index contributed by atoms with van der Waals surface area (Å²) in [5.41, 5.74) is 0.486. The minimum atomic E-state index is -2.55. The lowest BCUT2D eigenvalue weighted by Crippen LogP contribution is -2.06. The molecule has 100 valence electrons. The molecular formula is C12H8F2INO2S. The molecule has 2 aromatic rings. The smallest absolute Gasteiger partial charge is 0.352 e. The molecule has 0 aliphatic rings. The van der Waals surface area contributed by atoms with Crippen LogP contribution in [0.5, 0.6) is 0 Å². The highest BCUT2D eigenvalue weighted by molar-refractivity contribution is 14.1. The van der Waals surface area contributed by atoms with Gasteiger partial charge in [-0.05, 0) is 40.8 Å². The summed E-state index contributed by atoms with van der Waals surface area (Å²) in [6.07, 6.45) is 1.61. The van der Waals surface area contributed by atoms with E-state index in [1.165, 1.54) is 10.6 Å². The van der Waals surface area contributed by atoms with Crippen LogP contribution in [0.3, 0.4) is 0 Å². The summed E-state index contributed by atoms with van der Waals surface area (Å²) in [6, 6.07) is 7.98. The van der Waals surface area contributed by atoms with Gasteiger partial charge < -0.3 is 9.67 Å². The van der Waals surface area contributed by atoms with Crippen LogP contribution in [-0.4, -0.2) is 21.4 Å². The number of hydrogen-bond donors (Lipinski definition) is 1. The standard InChI is InChI=1S/C12H8F2INO2S/c13-12(14)19-10-4-2-1-3-8(10)16-6-7(15)5-9(16)11(17)18/h1-6,12H,(H,17,18). The fourth-order valence-corrected chi connectivity index (χ4v) is 2.86. The lowest BCUT2D eigenvalue weighted by atomic mass is 10.3. The Labute approximate surface area is 125 Å². The van der Waals surface area contributed by atoms with Crippen LogP contribution >= 0.6 is 34.4 Å². The number of carboxylic acid groups (broad SMARTS) is 1. The molecule has 0 saturated heterocycles. The first-order chi connectivity index (χ1) is 8.99. The van der Waals surface area contributed by atoms with Crippen LogP contribution in [0, 0.1) is 3.57 Å². The van der Waals surface area contributed by atoms with Gasteiger partial charge in [-0.15, -0.1) is 0 Å². The molecule has 0 unspecified atom stereocenters. The van der Waals surface area contributed by atoms with Crippen LogP contribution in [0.2, 0.25) is 0 Å². The van der Waals surface area contributed by atoms with Crippen molar-refractivity contribution in [3.8, 4) is 5.69 Å². The fourth-order valence-electron chi connectivity index (χ4n) is 1.65. The molecule has 7 heteroatoms. The molecule has 3 nitrogen and oxygen atoms in total. The van der Waals surface area contributed by atoms with E-state index in [1.807, 2.05) is 22.6 Å². The molecular weight excluding hydrogens is 387 g/mol. The van der Waals surface area contributed by atoms with Gasteiger partial charge in [0.15, 0.2) is 0 Å². The maximum absolute atomic E-state index is 12.5. The van der Waals surface area contributed by atoms with Crippen LogP contribution in [0.25, 0.3) is 5.69 Å². The summed E-state index contributed by atoms with van der Waals surface area (Å²) < 4.78 is 27.2. The Bertz CT molecular complexity index is 616. The Kier molecular flexibility index (Phi) is 4.46. The summed E-state index contributed by atoms with van der Waals surface area (Å²) in [7, 11) is 0. The highest BCUT2D eigenvalue weighted by Crippen LogP contribution is 2.32. The van der Waals surface area contributed by atoms with Gasteiger partial charge in [0.1, 0.15) is 5.69 Å². The van der Waals surface area contributed by atoms with Gasteiger partial charge in [-0.3, -0.25) is 0 Å².